The SMILES string of the molecule is CCC.O=C(O)c1cn2c(cc1=O)-c1cc(-c3ccncc3)c3c(c1CC2)CCO3. The third kappa shape index (κ3) is 3.38. The number of pyridine rings is 2. The molecule has 2 aliphatic heterocycles. The van der Waals surface area contributed by atoms with Gasteiger partial charge in [0.1, 0.15) is 11.3 Å². The molecule has 0 spiro atoms. The summed E-state index contributed by atoms with van der Waals surface area (Å²) in [5.74, 6) is -0.279. The number of benzene rings is 1. The molecular weight excluding hydrogens is 380 g/mol. The van der Waals surface area contributed by atoms with E-state index >= 15 is 0 Å². The predicted octanol–water partition coefficient (Wildman–Crippen LogP) is 4.18. The number of aryl methyl sites for hydroxylation is 1. The van der Waals surface area contributed by atoms with Gasteiger partial charge in [-0.3, -0.25) is 9.78 Å². The second-order valence-electron chi connectivity index (χ2n) is 7.48. The summed E-state index contributed by atoms with van der Waals surface area (Å²) >= 11 is 0. The van der Waals surface area contributed by atoms with Crippen molar-refractivity contribution in [3.8, 4) is 28.1 Å². The number of carboxylic acid groups (broad SMARTS) is 1. The zero-order chi connectivity index (χ0) is 21.3. The second kappa shape index (κ2) is 8.14. The summed E-state index contributed by atoms with van der Waals surface area (Å²) in [6.07, 6.45) is 7.82. The number of carbonyl (C=O) groups is 1. The lowest BCUT2D eigenvalue weighted by atomic mass is 9.87. The quantitative estimate of drug-likeness (QED) is 0.693. The molecule has 154 valence electrons. The molecule has 2 aliphatic rings. The fraction of sp³-hybridized carbons (Fsp3) is 0.292. The molecule has 30 heavy (non-hydrogen) atoms. The van der Waals surface area contributed by atoms with Crippen molar-refractivity contribution in [1.82, 2.24) is 9.55 Å². The molecular formula is C24H24N2O4. The average molecular weight is 404 g/mol. The Morgan fingerprint density at radius 1 is 1.13 bits per heavy atom. The molecule has 0 unspecified atom stereocenters. The Morgan fingerprint density at radius 3 is 2.57 bits per heavy atom. The first-order valence-electron chi connectivity index (χ1n) is 10.2. The van der Waals surface area contributed by atoms with Crippen LogP contribution >= 0.6 is 0 Å². The van der Waals surface area contributed by atoms with Gasteiger partial charge in [0.2, 0.25) is 0 Å². The zero-order valence-corrected chi connectivity index (χ0v) is 17.1. The van der Waals surface area contributed by atoms with E-state index in [0.717, 1.165) is 41.0 Å². The summed E-state index contributed by atoms with van der Waals surface area (Å²) in [6, 6.07) is 7.37. The van der Waals surface area contributed by atoms with Crippen LogP contribution in [0.3, 0.4) is 0 Å². The van der Waals surface area contributed by atoms with Gasteiger partial charge in [-0.05, 0) is 35.7 Å². The Hall–Kier alpha value is -3.41. The summed E-state index contributed by atoms with van der Waals surface area (Å²) < 4.78 is 7.81. The Labute approximate surface area is 174 Å². The highest BCUT2D eigenvalue weighted by atomic mass is 16.5. The molecule has 0 saturated heterocycles. The van der Waals surface area contributed by atoms with E-state index in [4.69, 9.17) is 4.74 Å². The molecule has 0 atom stereocenters. The molecule has 6 nitrogen and oxygen atoms in total. The maximum Gasteiger partial charge on any atom is 0.341 e. The first kappa shape index (κ1) is 19.9. The molecule has 0 saturated carbocycles. The van der Waals surface area contributed by atoms with E-state index in [1.54, 1.807) is 12.4 Å². The summed E-state index contributed by atoms with van der Waals surface area (Å²) in [6.45, 7) is 5.54. The molecule has 2 aromatic heterocycles. The number of fused-ring (bicyclic) bond motifs is 5. The summed E-state index contributed by atoms with van der Waals surface area (Å²) in [7, 11) is 0. The van der Waals surface area contributed by atoms with E-state index in [9.17, 15) is 14.7 Å². The van der Waals surface area contributed by atoms with E-state index in [0.29, 0.717) is 13.2 Å². The van der Waals surface area contributed by atoms with Crippen LogP contribution < -0.4 is 10.2 Å². The van der Waals surface area contributed by atoms with Crippen molar-refractivity contribution in [1.29, 1.82) is 0 Å². The Bertz CT molecular complexity index is 1170. The van der Waals surface area contributed by atoms with Crippen LogP contribution in [0.1, 0.15) is 41.8 Å². The Kier molecular flexibility index (Phi) is 5.40. The fourth-order valence-electron chi connectivity index (χ4n) is 4.09. The largest absolute Gasteiger partial charge is 0.492 e. The van der Waals surface area contributed by atoms with E-state index in [-0.39, 0.29) is 5.56 Å². The summed E-state index contributed by atoms with van der Waals surface area (Å²) in [5.41, 5.74) is 5.45. The second-order valence-corrected chi connectivity index (χ2v) is 7.48. The smallest absolute Gasteiger partial charge is 0.341 e. The number of ether oxygens (including phenoxy) is 1. The van der Waals surface area contributed by atoms with Crippen LogP contribution in [0.5, 0.6) is 5.75 Å². The van der Waals surface area contributed by atoms with Gasteiger partial charge in [0.25, 0.3) is 0 Å². The minimum atomic E-state index is -1.19. The topological polar surface area (TPSA) is 81.4 Å². The van der Waals surface area contributed by atoms with Crippen molar-refractivity contribution in [2.75, 3.05) is 6.61 Å². The van der Waals surface area contributed by atoms with Crippen LogP contribution in [-0.4, -0.2) is 27.2 Å². The molecule has 5 rings (SSSR count). The van der Waals surface area contributed by atoms with E-state index < -0.39 is 11.4 Å². The van der Waals surface area contributed by atoms with Gasteiger partial charge in [0.05, 0.1) is 12.3 Å². The van der Waals surface area contributed by atoms with Crippen molar-refractivity contribution in [2.24, 2.45) is 0 Å². The van der Waals surface area contributed by atoms with Gasteiger partial charge >= 0.3 is 5.97 Å². The molecule has 6 heteroatoms. The summed E-state index contributed by atoms with van der Waals surface area (Å²) in [4.78, 5) is 27.7. The normalized spacial score (nSPS) is 13.3. The zero-order valence-electron chi connectivity index (χ0n) is 17.1. The van der Waals surface area contributed by atoms with Gasteiger partial charge in [-0.1, -0.05) is 20.3 Å². The molecule has 0 bridgehead atoms. The molecule has 0 amide bonds. The maximum atomic E-state index is 12.3. The Balaban J connectivity index is 0.000000687. The van der Waals surface area contributed by atoms with Gasteiger partial charge in [-0.25, -0.2) is 4.79 Å². The highest BCUT2D eigenvalue weighted by molar-refractivity contribution is 5.88. The summed E-state index contributed by atoms with van der Waals surface area (Å²) in [5, 5.41) is 9.25. The van der Waals surface area contributed by atoms with Crippen molar-refractivity contribution >= 4 is 5.97 Å². The third-order valence-corrected chi connectivity index (χ3v) is 5.32. The van der Waals surface area contributed by atoms with E-state index in [1.165, 1.54) is 29.8 Å². The number of aromatic nitrogens is 2. The highest BCUT2D eigenvalue weighted by Crippen LogP contribution is 2.45. The van der Waals surface area contributed by atoms with Crippen LogP contribution in [0.4, 0.5) is 0 Å². The molecule has 0 radical (unpaired) electrons. The monoisotopic (exact) mass is 404 g/mol. The molecule has 1 N–H and O–H groups in total. The van der Waals surface area contributed by atoms with Crippen LogP contribution in [0.2, 0.25) is 0 Å². The number of rotatable bonds is 2. The number of hydrogen-bond acceptors (Lipinski definition) is 4. The molecule has 1 aromatic carbocycles. The number of nitrogens with zero attached hydrogens (tertiary/aromatic N) is 2. The minimum Gasteiger partial charge on any atom is -0.492 e. The van der Waals surface area contributed by atoms with Crippen LogP contribution in [0, 0.1) is 0 Å². The first-order chi connectivity index (χ1) is 14.5. The number of aromatic carboxylic acids is 1. The van der Waals surface area contributed by atoms with Crippen LogP contribution in [-0.2, 0) is 19.4 Å². The minimum absolute atomic E-state index is 0.193. The number of carboxylic acids is 1. The molecule has 3 aromatic rings. The third-order valence-electron chi connectivity index (χ3n) is 5.32. The Morgan fingerprint density at radius 2 is 1.87 bits per heavy atom. The van der Waals surface area contributed by atoms with Crippen molar-refractivity contribution in [2.45, 2.75) is 39.7 Å². The maximum absolute atomic E-state index is 12.3. The number of hydrogen-bond donors (Lipinski definition) is 1. The predicted molar refractivity (Wildman–Crippen MR) is 115 cm³/mol. The van der Waals surface area contributed by atoms with Gasteiger partial charge in [-0.15, -0.1) is 0 Å². The fourth-order valence-corrected chi connectivity index (χ4v) is 4.09. The lowest BCUT2D eigenvalue weighted by molar-refractivity contribution is 0.0694. The average Bonchev–Trinajstić information content (AvgIpc) is 3.23. The standard InChI is InChI=1S/C21H16N2O4.C3H8/c24-19-10-18-16-9-15(12-1-5-22-6-2-12)20-14(4-8-27-20)13(16)3-7-23(18)11-17(19)21(25)26;1-3-2/h1-2,5-6,9-11H,3-4,7-8H2,(H,25,26);3H2,1-2H3. The van der Waals surface area contributed by atoms with Crippen molar-refractivity contribution < 1.29 is 14.6 Å². The van der Waals surface area contributed by atoms with Crippen molar-refractivity contribution in [3.63, 3.8) is 0 Å². The van der Waals surface area contributed by atoms with Crippen LogP contribution in [0.15, 0.2) is 47.7 Å². The highest BCUT2D eigenvalue weighted by Gasteiger charge is 2.28. The van der Waals surface area contributed by atoms with Gasteiger partial charge in [0, 0.05) is 54.3 Å². The van der Waals surface area contributed by atoms with Gasteiger partial charge < -0.3 is 14.4 Å². The van der Waals surface area contributed by atoms with Crippen molar-refractivity contribution in [3.05, 3.63) is 69.8 Å². The molecule has 0 aliphatic carbocycles. The lowest BCUT2D eigenvalue weighted by Crippen LogP contribution is -2.22. The van der Waals surface area contributed by atoms with E-state index in [1.807, 2.05) is 16.7 Å². The molecule has 0 fully saturated rings. The molecule has 4 heterocycles. The van der Waals surface area contributed by atoms with E-state index in [2.05, 4.69) is 24.9 Å². The first-order valence-corrected chi connectivity index (χ1v) is 10.2. The van der Waals surface area contributed by atoms with Gasteiger partial charge in [-0.2, -0.15) is 0 Å². The lowest BCUT2D eigenvalue weighted by Gasteiger charge is -2.25. The van der Waals surface area contributed by atoms with Crippen LogP contribution in [0.25, 0.3) is 22.4 Å². The van der Waals surface area contributed by atoms with Gasteiger partial charge in [0.15, 0.2) is 5.43 Å².